The van der Waals surface area contributed by atoms with Crippen molar-refractivity contribution < 1.29 is 9.18 Å². The van der Waals surface area contributed by atoms with Gasteiger partial charge in [-0.3, -0.25) is 0 Å². The molecule has 4 nitrogen and oxygen atoms in total. The molecule has 2 aromatic carbocycles. The van der Waals surface area contributed by atoms with Crippen LogP contribution >= 0.6 is 0 Å². The molecule has 2 fully saturated rings. The molecule has 0 bridgehead atoms. The number of hydrogen-bond donors (Lipinski definition) is 1. The number of urea groups is 1. The molecular formula is C22H26FN3O. The molecule has 2 saturated heterocycles. The Morgan fingerprint density at radius 2 is 1.74 bits per heavy atom. The van der Waals surface area contributed by atoms with Crippen molar-refractivity contribution >= 4 is 17.4 Å². The van der Waals surface area contributed by atoms with Gasteiger partial charge in [0.1, 0.15) is 5.82 Å². The van der Waals surface area contributed by atoms with Crippen molar-refractivity contribution in [3.63, 3.8) is 0 Å². The molecule has 0 spiro atoms. The van der Waals surface area contributed by atoms with Gasteiger partial charge in [-0.1, -0.05) is 12.1 Å². The normalized spacial score (nSPS) is 20.0. The first-order chi connectivity index (χ1) is 13.2. The number of carbonyl (C=O) groups is 1. The third-order valence-electron chi connectivity index (χ3n) is 5.59. The smallest absolute Gasteiger partial charge is 0.322 e. The molecular weight excluding hydrogens is 341 g/mol. The second-order valence-corrected chi connectivity index (χ2v) is 7.43. The molecule has 0 unspecified atom stereocenters. The zero-order chi connectivity index (χ0) is 18.6. The van der Waals surface area contributed by atoms with E-state index in [9.17, 15) is 9.18 Å². The minimum absolute atomic E-state index is 0.0617. The van der Waals surface area contributed by atoms with E-state index >= 15 is 0 Å². The van der Waals surface area contributed by atoms with Gasteiger partial charge in [0.05, 0.1) is 6.04 Å². The summed E-state index contributed by atoms with van der Waals surface area (Å²) < 4.78 is 13.6. The third-order valence-corrected chi connectivity index (χ3v) is 5.59. The average molecular weight is 367 g/mol. The van der Waals surface area contributed by atoms with E-state index in [0.29, 0.717) is 6.54 Å². The Hall–Kier alpha value is -2.56. The maximum Gasteiger partial charge on any atom is 0.322 e. The van der Waals surface area contributed by atoms with Gasteiger partial charge < -0.3 is 15.1 Å². The molecule has 2 heterocycles. The Morgan fingerprint density at radius 3 is 2.48 bits per heavy atom. The molecule has 0 aromatic heterocycles. The number of benzene rings is 2. The van der Waals surface area contributed by atoms with Crippen molar-refractivity contribution in [1.29, 1.82) is 0 Å². The molecule has 0 radical (unpaired) electrons. The molecule has 1 N–H and O–H groups in total. The maximum absolute atomic E-state index is 13.6. The molecule has 0 aliphatic carbocycles. The monoisotopic (exact) mass is 367 g/mol. The Kier molecular flexibility index (Phi) is 5.28. The number of hydrogen-bond acceptors (Lipinski definition) is 2. The van der Waals surface area contributed by atoms with Gasteiger partial charge in [0.25, 0.3) is 0 Å². The molecule has 2 aliphatic rings. The number of halogens is 1. The van der Waals surface area contributed by atoms with Gasteiger partial charge in [0, 0.05) is 31.0 Å². The molecule has 5 heteroatoms. The quantitative estimate of drug-likeness (QED) is 0.811. The van der Waals surface area contributed by atoms with Crippen LogP contribution in [0.15, 0.2) is 48.5 Å². The van der Waals surface area contributed by atoms with E-state index in [0.717, 1.165) is 37.2 Å². The number of rotatable bonds is 3. The van der Waals surface area contributed by atoms with Crippen molar-refractivity contribution in [3.05, 3.63) is 59.9 Å². The summed E-state index contributed by atoms with van der Waals surface area (Å²) in [6, 6.07) is 14.5. The largest absolute Gasteiger partial charge is 0.372 e. The van der Waals surface area contributed by atoms with Crippen molar-refractivity contribution in [1.82, 2.24) is 4.90 Å². The molecule has 0 saturated carbocycles. The Morgan fingerprint density at radius 1 is 0.963 bits per heavy atom. The van der Waals surface area contributed by atoms with E-state index < -0.39 is 0 Å². The van der Waals surface area contributed by atoms with Crippen molar-refractivity contribution in [2.24, 2.45) is 0 Å². The number of nitrogens with zero attached hydrogens (tertiary/aromatic N) is 2. The van der Waals surface area contributed by atoms with Gasteiger partial charge in [0.2, 0.25) is 0 Å². The number of likely N-dealkylation sites (tertiary alicyclic amines) is 1. The summed E-state index contributed by atoms with van der Waals surface area (Å²) in [6.07, 6.45) is 5.60. The second kappa shape index (κ2) is 7.99. The second-order valence-electron chi connectivity index (χ2n) is 7.43. The van der Waals surface area contributed by atoms with Crippen LogP contribution in [-0.4, -0.2) is 30.6 Å². The zero-order valence-corrected chi connectivity index (χ0v) is 15.5. The fourth-order valence-electron chi connectivity index (χ4n) is 4.17. The average Bonchev–Trinajstić information content (AvgIpc) is 3.19. The van der Waals surface area contributed by atoms with Crippen LogP contribution in [0.5, 0.6) is 0 Å². The molecule has 2 aromatic rings. The minimum atomic E-state index is -0.256. The van der Waals surface area contributed by atoms with Crippen LogP contribution in [0.4, 0.5) is 20.6 Å². The molecule has 142 valence electrons. The third kappa shape index (κ3) is 4.07. The van der Waals surface area contributed by atoms with Crippen LogP contribution in [0.1, 0.15) is 43.7 Å². The van der Waals surface area contributed by atoms with Gasteiger partial charge >= 0.3 is 6.03 Å². The standard InChI is InChI=1S/C22H26FN3O/c23-18-7-4-6-17(16-18)21-8-5-15-26(21)22(27)24-19-9-11-20(12-10-19)25-13-2-1-3-14-25/h4,6-7,9-12,16,21H,1-3,5,8,13-15H2,(H,24,27)/t21-/m0/s1. The molecule has 2 amide bonds. The van der Waals surface area contributed by atoms with Crippen LogP contribution < -0.4 is 10.2 Å². The Balaban J connectivity index is 1.42. The summed E-state index contributed by atoms with van der Waals surface area (Å²) in [7, 11) is 0. The van der Waals surface area contributed by atoms with Gasteiger partial charge in [0.15, 0.2) is 0 Å². The SMILES string of the molecule is O=C(Nc1ccc(N2CCCCC2)cc1)N1CCC[C@H]1c1cccc(F)c1. The molecule has 4 rings (SSSR count). The fourth-order valence-corrected chi connectivity index (χ4v) is 4.17. The van der Waals surface area contributed by atoms with E-state index in [1.165, 1.54) is 37.1 Å². The number of nitrogens with one attached hydrogen (secondary N) is 1. The number of anilines is 2. The lowest BCUT2D eigenvalue weighted by molar-refractivity contribution is 0.207. The first-order valence-corrected chi connectivity index (χ1v) is 9.89. The maximum atomic E-state index is 13.6. The highest BCUT2D eigenvalue weighted by Gasteiger charge is 2.30. The topological polar surface area (TPSA) is 35.6 Å². The van der Waals surface area contributed by atoms with Gasteiger partial charge in [-0.2, -0.15) is 0 Å². The number of amides is 2. The molecule has 27 heavy (non-hydrogen) atoms. The number of piperidine rings is 1. The number of carbonyl (C=O) groups excluding carboxylic acids is 1. The first-order valence-electron chi connectivity index (χ1n) is 9.89. The van der Waals surface area contributed by atoms with Crippen LogP contribution in [0.25, 0.3) is 0 Å². The highest BCUT2D eigenvalue weighted by molar-refractivity contribution is 5.90. The van der Waals surface area contributed by atoms with E-state index in [1.807, 2.05) is 23.1 Å². The van der Waals surface area contributed by atoms with Gasteiger partial charge in [-0.05, 0) is 74.1 Å². The fraction of sp³-hybridized carbons (Fsp3) is 0.409. The van der Waals surface area contributed by atoms with Gasteiger partial charge in [-0.25, -0.2) is 9.18 Å². The lowest BCUT2D eigenvalue weighted by Crippen LogP contribution is -2.34. The Bertz CT molecular complexity index is 786. The summed E-state index contributed by atoms with van der Waals surface area (Å²) in [5.74, 6) is -0.256. The van der Waals surface area contributed by atoms with Gasteiger partial charge in [-0.15, -0.1) is 0 Å². The van der Waals surface area contributed by atoms with Crippen molar-refractivity contribution in [2.75, 3.05) is 29.9 Å². The highest BCUT2D eigenvalue weighted by atomic mass is 19.1. The predicted molar refractivity (Wildman–Crippen MR) is 107 cm³/mol. The van der Waals surface area contributed by atoms with Crippen LogP contribution in [-0.2, 0) is 0 Å². The van der Waals surface area contributed by atoms with Crippen LogP contribution in [0, 0.1) is 5.82 Å². The summed E-state index contributed by atoms with van der Waals surface area (Å²) in [5, 5.41) is 3.00. The summed E-state index contributed by atoms with van der Waals surface area (Å²) in [4.78, 5) is 17.0. The van der Waals surface area contributed by atoms with Crippen LogP contribution in [0.3, 0.4) is 0 Å². The highest BCUT2D eigenvalue weighted by Crippen LogP contribution is 2.32. The molecule has 2 aliphatic heterocycles. The van der Waals surface area contributed by atoms with Crippen molar-refractivity contribution in [3.8, 4) is 0 Å². The lowest BCUT2D eigenvalue weighted by Gasteiger charge is -2.29. The summed E-state index contributed by atoms with van der Waals surface area (Å²) in [5.41, 5.74) is 2.88. The lowest BCUT2D eigenvalue weighted by atomic mass is 10.0. The van der Waals surface area contributed by atoms with E-state index in [4.69, 9.17) is 0 Å². The first kappa shape index (κ1) is 17.8. The summed E-state index contributed by atoms with van der Waals surface area (Å²) >= 11 is 0. The van der Waals surface area contributed by atoms with E-state index in [-0.39, 0.29) is 17.9 Å². The molecule has 1 atom stereocenters. The van der Waals surface area contributed by atoms with Crippen molar-refractivity contribution in [2.45, 2.75) is 38.1 Å². The minimum Gasteiger partial charge on any atom is -0.372 e. The van der Waals surface area contributed by atoms with Crippen LogP contribution in [0.2, 0.25) is 0 Å². The Labute approximate surface area is 160 Å². The van der Waals surface area contributed by atoms with E-state index in [2.05, 4.69) is 22.3 Å². The van der Waals surface area contributed by atoms with E-state index in [1.54, 1.807) is 6.07 Å². The predicted octanol–water partition coefficient (Wildman–Crippen LogP) is 5.19. The summed E-state index contributed by atoms with van der Waals surface area (Å²) in [6.45, 7) is 2.91. The zero-order valence-electron chi connectivity index (χ0n) is 15.5.